The zero-order valence-corrected chi connectivity index (χ0v) is 10.8. The van der Waals surface area contributed by atoms with E-state index in [1.54, 1.807) is 6.20 Å². The Hall–Kier alpha value is -1.16. The van der Waals surface area contributed by atoms with Gasteiger partial charge in [0.25, 0.3) is 0 Å². The second kappa shape index (κ2) is 5.00. The van der Waals surface area contributed by atoms with Gasteiger partial charge in [-0.15, -0.1) is 0 Å². The molecular weight excluding hydrogens is 216 g/mol. The number of hydrogen-bond acceptors (Lipinski definition) is 4. The molecule has 2 rings (SSSR count). The third kappa shape index (κ3) is 2.57. The highest BCUT2D eigenvalue weighted by Crippen LogP contribution is 2.31. The van der Waals surface area contributed by atoms with E-state index < -0.39 is 0 Å². The number of likely N-dealkylation sites (tertiary alicyclic amines) is 1. The van der Waals surface area contributed by atoms with Crippen LogP contribution in [0.3, 0.4) is 0 Å². The van der Waals surface area contributed by atoms with Gasteiger partial charge in [0.15, 0.2) is 11.5 Å². The van der Waals surface area contributed by atoms with Crippen molar-refractivity contribution in [3.63, 3.8) is 0 Å². The Morgan fingerprint density at radius 2 is 2.29 bits per heavy atom. The zero-order valence-electron chi connectivity index (χ0n) is 10.8. The summed E-state index contributed by atoms with van der Waals surface area (Å²) in [5.41, 5.74) is 0. The molecule has 2 heterocycles. The van der Waals surface area contributed by atoms with E-state index >= 15 is 0 Å². The number of carbonyl (C=O) groups excluding carboxylic acids is 1. The maximum Gasteiger partial charge on any atom is 0.212 e. The van der Waals surface area contributed by atoms with Gasteiger partial charge in [-0.3, -0.25) is 9.69 Å². The van der Waals surface area contributed by atoms with Gasteiger partial charge >= 0.3 is 0 Å². The van der Waals surface area contributed by atoms with Gasteiger partial charge in [0.05, 0.1) is 12.2 Å². The van der Waals surface area contributed by atoms with Crippen molar-refractivity contribution >= 4 is 5.78 Å². The van der Waals surface area contributed by atoms with Gasteiger partial charge in [0.2, 0.25) is 5.89 Å². The molecular formula is C13H20N2O2. The zero-order chi connectivity index (χ0) is 12.4. The number of nitrogens with zero attached hydrogens (tertiary/aromatic N) is 2. The molecule has 94 valence electrons. The summed E-state index contributed by atoms with van der Waals surface area (Å²) in [6, 6.07) is 0.713. The molecule has 0 bridgehead atoms. The summed E-state index contributed by atoms with van der Waals surface area (Å²) in [7, 11) is 0. The van der Waals surface area contributed by atoms with Crippen molar-refractivity contribution in [1.82, 2.24) is 9.88 Å². The Morgan fingerprint density at radius 1 is 1.53 bits per heavy atom. The number of hydrogen-bond donors (Lipinski definition) is 0. The monoisotopic (exact) mass is 236 g/mol. The van der Waals surface area contributed by atoms with Crippen LogP contribution in [-0.2, 0) is 0 Å². The van der Waals surface area contributed by atoms with Gasteiger partial charge in [0, 0.05) is 13.0 Å². The third-order valence-electron chi connectivity index (χ3n) is 3.36. The van der Waals surface area contributed by atoms with E-state index in [2.05, 4.69) is 23.7 Å². The molecule has 4 nitrogen and oxygen atoms in total. The van der Waals surface area contributed by atoms with Crippen LogP contribution in [0.1, 0.15) is 62.5 Å². The first-order chi connectivity index (χ1) is 8.09. The molecule has 1 unspecified atom stereocenters. The van der Waals surface area contributed by atoms with E-state index in [9.17, 15) is 4.79 Å². The molecule has 17 heavy (non-hydrogen) atoms. The van der Waals surface area contributed by atoms with E-state index in [4.69, 9.17) is 4.42 Å². The largest absolute Gasteiger partial charge is 0.436 e. The lowest BCUT2D eigenvalue weighted by atomic mass is 10.0. The van der Waals surface area contributed by atoms with Gasteiger partial charge in [-0.2, -0.15) is 0 Å². The van der Waals surface area contributed by atoms with Crippen LogP contribution < -0.4 is 0 Å². The number of ketones is 1. The molecule has 1 aromatic rings. The van der Waals surface area contributed by atoms with E-state index in [1.807, 2.05) is 0 Å². The summed E-state index contributed by atoms with van der Waals surface area (Å²) in [5, 5.41) is 0. The van der Waals surface area contributed by atoms with Gasteiger partial charge in [-0.1, -0.05) is 6.42 Å². The van der Waals surface area contributed by atoms with Crippen molar-refractivity contribution in [2.75, 3.05) is 6.54 Å². The molecule has 1 atom stereocenters. The molecule has 1 aliphatic rings. The number of aromatic nitrogens is 1. The topological polar surface area (TPSA) is 46.3 Å². The van der Waals surface area contributed by atoms with E-state index in [0.717, 1.165) is 13.0 Å². The molecule has 0 amide bonds. The predicted molar refractivity (Wildman–Crippen MR) is 64.9 cm³/mol. The first-order valence-electron chi connectivity index (χ1n) is 6.32. The molecule has 0 spiro atoms. The lowest BCUT2D eigenvalue weighted by Gasteiger charge is -2.36. The van der Waals surface area contributed by atoms with Crippen LogP contribution in [0.4, 0.5) is 0 Å². The highest BCUT2D eigenvalue weighted by molar-refractivity contribution is 5.90. The molecule has 0 radical (unpaired) electrons. The molecule has 0 N–H and O–H groups in total. The fourth-order valence-electron chi connectivity index (χ4n) is 2.44. The molecule has 0 aliphatic carbocycles. The van der Waals surface area contributed by atoms with Crippen molar-refractivity contribution in [3.8, 4) is 0 Å². The summed E-state index contributed by atoms with van der Waals surface area (Å²) >= 11 is 0. The van der Waals surface area contributed by atoms with E-state index in [0.29, 0.717) is 17.7 Å². The molecule has 1 aliphatic heterocycles. The van der Waals surface area contributed by atoms with E-state index in [1.165, 1.54) is 19.8 Å². The normalized spacial score (nSPS) is 22.0. The SMILES string of the molecule is CC(=O)c1cnc(C2CCCCN2C(C)C)o1. The van der Waals surface area contributed by atoms with Crippen molar-refractivity contribution in [2.24, 2.45) is 0 Å². The quantitative estimate of drug-likeness (QED) is 0.757. The van der Waals surface area contributed by atoms with E-state index in [-0.39, 0.29) is 11.8 Å². The summed E-state index contributed by atoms with van der Waals surface area (Å²) in [5.74, 6) is 1.01. The predicted octanol–water partition coefficient (Wildman–Crippen LogP) is 2.81. The van der Waals surface area contributed by atoms with Gasteiger partial charge in [-0.25, -0.2) is 4.98 Å². The number of rotatable bonds is 3. The summed E-state index contributed by atoms with van der Waals surface area (Å²) < 4.78 is 5.56. The van der Waals surface area contributed by atoms with Crippen LogP contribution in [0.2, 0.25) is 0 Å². The Kier molecular flexibility index (Phi) is 3.62. The van der Waals surface area contributed by atoms with Crippen molar-refractivity contribution in [1.29, 1.82) is 0 Å². The second-order valence-corrected chi connectivity index (χ2v) is 4.96. The summed E-state index contributed by atoms with van der Waals surface area (Å²) in [6.45, 7) is 6.96. The molecule has 0 saturated carbocycles. The highest BCUT2D eigenvalue weighted by Gasteiger charge is 2.29. The number of Topliss-reactive ketones (excluding diaryl/α,β-unsaturated/α-hetero) is 1. The second-order valence-electron chi connectivity index (χ2n) is 4.96. The first-order valence-corrected chi connectivity index (χ1v) is 6.32. The smallest absolute Gasteiger partial charge is 0.212 e. The average molecular weight is 236 g/mol. The number of carbonyl (C=O) groups is 1. The maximum absolute atomic E-state index is 11.2. The molecule has 1 saturated heterocycles. The minimum absolute atomic E-state index is 0.0596. The third-order valence-corrected chi connectivity index (χ3v) is 3.36. The molecule has 1 aromatic heterocycles. The summed E-state index contributed by atoms with van der Waals surface area (Å²) in [4.78, 5) is 17.9. The fraction of sp³-hybridized carbons (Fsp3) is 0.692. The molecule has 4 heteroatoms. The lowest BCUT2D eigenvalue weighted by Crippen LogP contribution is -2.38. The maximum atomic E-state index is 11.2. The van der Waals surface area contributed by atoms with Gasteiger partial charge in [0.1, 0.15) is 0 Å². The number of piperidine rings is 1. The average Bonchev–Trinajstić information content (AvgIpc) is 2.78. The van der Waals surface area contributed by atoms with Crippen LogP contribution in [0.5, 0.6) is 0 Å². The van der Waals surface area contributed by atoms with Gasteiger partial charge < -0.3 is 4.42 Å². The van der Waals surface area contributed by atoms with Crippen LogP contribution in [0, 0.1) is 0 Å². The van der Waals surface area contributed by atoms with Crippen molar-refractivity contribution < 1.29 is 9.21 Å². The molecule has 1 fully saturated rings. The minimum atomic E-state index is -0.0596. The first kappa shape index (κ1) is 12.3. The standard InChI is InChI=1S/C13H20N2O2/c1-9(2)15-7-5-4-6-11(15)13-14-8-12(17-13)10(3)16/h8-9,11H,4-7H2,1-3H3. The fourth-order valence-corrected chi connectivity index (χ4v) is 2.44. The molecule has 0 aromatic carbocycles. The highest BCUT2D eigenvalue weighted by atomic mass is 16.4. The Morgan fingerprint density at radius 3 is 2.88 bits per heavy atom. The van der Waals surface area contributed by atoms with Crippen LogP contribution in [-0.4, -0.2) is 28.3 Å². The number of oxazole rings is 1. The minimum Gasteiger partial charge on any atom is -0.436 e. The van der Waals surface area contributed by atoms with Crippen LogP contribution >= 0.6 is 0 Å². The van der Waals surface area contributed by atoms with Crippen LogP contribution in [0.15, 0.2) is 10.6 Å². The van der Waals surface area contributed by atoms with Crippen molar-refractivity contribution in [3.05, 3.63) is 17.8 Å². The van der Waals surface area contributed by atoms with Gasteiger partial charge in [-0.05, 0) is 33.2 Å². The lowest BCUT2D eigenvalue weighted by molar-refractivity contribution is 0.0877. The Labute approximate surface area is 102 Å². The van der Waals surface area contributed by atoms with Crippen LogP contribution in [0.25, 0.3) is 0 Å². The van der Waals surface area contributed by atoms with Crippen molar-refractivity contribution in [2.45, 2.75) is 52.1 Å². The Bertz CT molecular complexity index is 398. The Balaban J connectivity index is 2.20. The summed E-state index contributed by atoms with van der Waals surface area (Å²) in [6.07, 6.45) is 5.04.